The Kier molecular flexibility index (Phi) is 3.87. The standard InChI is InChI=1S/C18H14N2O4/c1-11-5-7-13(8-6-11)20-17(23)15(16(22)19-18(20)24)10-12-3-2-4-14(21)9-12/h2-10,21H,1H3,(H,19,22,24)/b15-10+. The van der Waals surface area contributed by atoms with E-state index in [0.717, 1.165) is 10.5 Å². The van der Waals surface area contributed by atoms with Crippen molar-refractivity contribution in [3.05, 3.63) is 65.2 Å². The lowest BCUT2D eigenvalue weighted by molar-refractivity contribution is -0.122. The molecule has 24 heavy (non-hydrogen) atoms. The van der Waals surface area contributed by atoms with Crippen LogP contribution in [0.4, 0.5) is 10.5 Å². The van der Waals surface area contributed by atoms with E-state index in [0.29, 0.717) is 11.3 Å². The highest BCUT2D eigenvalue weighted by atomic mass is 16.3. The summed E-state index contributed by atoms with van der Waals surface area (Å²) < 4.78 is 0. The monoisotopic (exact) mass is 322 g/mol. The van der Waals surface area contributed by atoms with Crippen molar-refractivity contribution in [2.24, 2.45) is 0 Å². The minimum atomic E-state index is -0.790. The summed E-state index contributed by atoms with van der Waals surface area (Å²) in [6, 6.07) is 12.1. The van der Waals surface area contributed by atoms with Crippen molar-refractivity contribution >= 4 is 29.6 Å². The number of anilines is 1. The van der Waals surface area contributed by atoms with Crippen LogP contribution in [0.25, 0.3) is 6.08 Å². The van der Waals surface area contributed by atoms with Gasteiger partial charge < -0.3 is 5.11 Å². The third-order valence-corrected chi connectivity index (χ3v) is 3.58. The number of carbonyl (C=O) groups is 3. The second-order valence-electron chi connectivity index (χ2n) is 5.39. The summed E-state index contributed by atoms with van der Waals surface area (Å²) in [6.07, 6.45) is 1.34. The van der Waals surface area contributed by atoms with E-state index in [1.807, 2.05) is 6.92 Å². The van der Waals surface area contributed by atoms with Crippen molar-refractivity contribution in [1.82, 2.24) is 5.32 Å². The van der Waals surface area contributed by atoms with Crippen LogP contribution in [0.2, 0.25) is 0 Å². The third-order valence-electron chi connectivity index (χ3n) is 3.58. The molecular formula is C18H14N2O4. The number of hydrogen-bond acceptors (Lipinski definition) is 4. The fourth-order valence-corrected chi connectivity index (χ4v) is 2.37. The molecule has 6 nitrogen and oxygen atoms in total. The number of phenolic OH excluding ortho intramolecular Hbond substituents is 1. The highest BCUT2D eigenvalue weighted by molar-refractivity contribution is 6.39. The van der Waals surface area contributed by atoms with Gasteiger partial charge in [-0.2, -0.15) is 0 Å². The first kappa shape index (κ1) is 15.5. The maximum absolute atomic E-state index is 12.6. The number of nitrogens with zero attached hydrogens (tertiary/aromatic N) is 1. The SMILES string of the molecule is Cc1ccc(N2C(=O)NC(=O)/C(=C\c3cccc(O)c3)C2=O)cc1. The van der Waals surface area contributed by atoms with Gasteiger partial charge in [0.2, 0.25) is 0 Å². The maximum Gasteiger partial charge on any atom is 0.335 e. The Labute approximate surface area is 138 Å². The van der Waals surface area contributed by atoms with Crippen LogP contribution in [0, 0.1) is 6.92 Å². The van der Waals surface area contributed by atoms with Crippen LogP contribution >= 0.6 is 0 Å². The predicted octanol–water partition coefficient (Wildman–Crippen LogP) is 2.37. The summed E-state index contributed by atoms with van der Waals surface area (Å²) in [4.78, 5) is 37.6. The van der Waals surface area contributed by atoms with Crippen LogP contribution in [0.3, 0.4) is 0 Å². The molecule has 1 fully saturated rings. The van der Waals surface area contributed by atoms with Crippen molar-refractivity contribution in [1.29, 1.82) is 0 Å². The lowest BCUT2D eigenvalue weighted by atomic mass is 10.1. The van der Waals surface area contributed by atoms with Crippen molar-refractivity contribution < 1.29 is 19.5 Å². The lowest BCUT2D eigenvalue weighted by Gasteiger charge is -2.26. The van der Waals surface area contributed by atoms with E-state index in [9.17, 15) is 19.5 Å². The largest absolute Gasteiger partial charge is 0.508 e. The number of aromatic hydroxyl groups is 1. The molecule has 2 aromatic rings. The van der Waals surface area contributed by atoms with Crippen LogP contribution < -0.4 is 10.2 Å². The first-order valence-electron chi connectivity index (χ1n) is 7.23. The van der Waals surface area contributed by atoms with Gasteiger partial charge in [0, 0.05) is 0 Å². The van der Waals surface area contributed by atoms with E-state index in [1.54, 1.807) is 36.4 Å². The summed E-state index contributed by atoms with van der Waals surface area (Å²) in [5, 5.41) is 11.6. The zero-order chi connectivity index (χ0) is 17.3. The minimum Gasteiger partial charge on any atom is -0.508 e. The van der Waals surface area contributed by atoms with Crippen LogP contribution in [-0.4, -0.2) is 23.0 Å². The quantitative estimate of drug-likeness (QED) is 0.656. The zero-order valence-electron chi connectivity index (χ0n) is 12.8. The molecule has 0 bridgehead atoms. The molecule has 0 radical (unpaired) electrons. The van der Waals surface area contributed by atoms with Gasteiger partial charge in [-0.25, -0.2) is 9.69 Å². The highest BCUT2D eigenvalue weighted by Crippen LogP contribution is 2.23. The van der Waals surface area contributed by atoms with Crippen LogP contribution in [0.15, 0.2) is 54.1 Å². The normalized spacial score (nSPS) is 16.5. The first-order valence-corrected chi connectivity index (χ1v) is 7.23. The fourth-order valence-electron chi connectivity index (χ4n) is 2.37. The van der Waals surface area contributed by atoms with Crippen molar-refractivity contribution in [3.8, 4) is 5.75 Å². The Morgan fingerprint density at radius 3 is 2.42 bits per heavy atom. The maximum atomic E-state index is 12.6. The third kappa shape index (κ3) is 2.89. The topological polar surface area (TPSA) is 86.7 Å². The molecule has 0 unspecified atom stereocenters. The van der Waals surface area contributed by atoms with Gasteiger partial charge in [-0.1, -0.05) is 29.8 Å². The summed E-state index contributed by atoms with van der Waals surface area (Å²) in [5.41, 5.74) is 1.65. The molecule has 120 valence electrons. The summed E-state index contributed by atoms with van der Waals surface area (Å²) >= 11 is 0. The second-order valence-corrected chi connectivity index (χ2v) is 5.39. The first-order chi connectivity index (χ1) is 11.5. The molecule has 6 heteroatoms. The summed E-state index contributed by atoms with van der Waals surface area (Å²) in [5.74, 6) is -1.47. The van der Waals surface area contributed by atoms with Crippen molar-refractivity contribution in [3.63, 3.8) is 0 Å². The van der Waals surface area contributed by atoms with Crippen LogP contribution in [0.5, 0.6) is 5.75 Å². The molecule has 2 N–H and O–H groups in total. The number of barbiturate groups is 1. The van der Waals surface area contributed by atoms with E-state index in [-0.39, 0.29) is 11.3 Å². The number of benzene rings is 2. The molecule has 1 aliphatic rings. The smallest absolute Gasteiger partial charge is 0.335 e. The Bertz CT molecular complexity index is 869. The Hall–Kier alpha value is -3.41. The number of imide groups is 2. The number of amides is 4. The zero-order valence-corrected chi connectivity index (χ0v) is 12.8. The molecule has 1 saturated heterocycles. The minimum absolute atomic E-state index is 0.0134. The van der Waals surface area contributed by atoms with E-state index in [1.165, 1.54) is 18.2 Å². The van der Waals surface area contributed by atoms with Crippen molar-refractivity contribution in [2.75, 3.05) is 4.90 Å². The average molecular weight is 322 g/mol. The number of nitrogens with one attached hydrogen (secondary N) is 1. The molecule has 0 atom stereocenters. The molecule has 0 aliphatic carbocycles. The van der Waals surface area contributed by atoms with Gasteiger partial charge in [0.15, 0.2) is 0 Å². The van der Waals surface area contributed by atoms with E-state index in [4.69, 9.17) is 0 Å². The number of urea groups is 1. The summed E-state index contributed by atoms with van der Waals surface area (Å²) in [6.45, 7) is 1.89. The van der Waals surface area contributed by atoms with Crippen LogP contribution in [-0.2, 0) is 9.59 Å². The molecule has 1 heterocycles. The van der Waals surface area contributed by atoms with Gasteiger partial charge in [0.05, 0.1) is 5.69 Å². The number of carbonyl (C=O) groups excluding carboxylic acids is 3. The van der Waals surface area contributed by atoms with Gasteiger partial charge in [0.1, 0.15) is 11.3 Å². The van der Waals surface area contributed by atoms with Gasteiger partial charge >= 0.3 is 6.03 Å². The molecule has 0 spiro atoms. The summed E-state index contributed by atoms with van der Waals surface area (Å²) in [7, 11) is 0. The van der Waals surface area contributed by atoms with Crippen molar-refractivity contribution in [2.45, 2.75) is 6.92 Å². The molecule has 1 aliphatic heterocycles. The fraction of sp³-hybridized carbons (Fsp3) is 0.0556. The molecule has 3 rings (SSSR count). The molecular weight excluding hydrogens is 308 g/mol. The number of phenols is 1. The van der Waals surface area contributed by atoms with E-state index in [2.05, 4.69) is 5.32 Å². The average Bonchev–Trinajstić information content (AvgIpc) is 2.53. The molecule has 0 saturated carbocycles. The van der Waals surface area contributed by atoms with E-state index >= 15 is 0 Å². The second kappa shape index (κ2) is 6.00. The van der Waals surface area contributed by atoms with Crippen LogP contribution in [0.1, 0.15) is 11.1 Å². The van der Waals surface area contributed by atoms with Gasteiger partial charge in [-0.15, -0.1) is 0 Å². The molecule has 0 aromatic heterocycles. The number of rotatable bonds is 2. The van der Waals surface area contributed by atoms with E-state index < -0.39 is 17.8 Å². The number of hydrogen-bond donors (Lipinski definition) is 2. The van der Waals surface area contributed by atoms with Gasteiger partial charge in [-0.3, -0.25) is 14.9 Å². The van der Waals surface area contributed by atoms with Gasteiger partial charge in [-0.05, 0) is 42.8 Å². The molecule has 4 amide bonds. The lowest BCUT2D eigenvalue weighted by Crippen LogP contribution is -2.54. The number of aryl methyl sites for hydroxylation is 1. The predicted molar refractivity (Wildman–Crippen MR) is 88.3 cm³/mol. The van der Waals surface area contributed by atoms with Gasteiger partial charge in [0.25, 0.3) is 11.8 Å². The Morgan fingerprint density at radius 1 is 1.04 bits per heavy atom. The Balaban J connectivity index is 2.01. The highest BCUT2D eigenvalue weighted by Gasteiger charge is 2.36. The Morgan fingerprint density at radius 2 is 1.75 bits per heavy atom. The molecule has 2 aromatic carbocycles.